The van der Waals surface area contributed by atoms with Crippen molar-refractivity contribution in [1.82, 2.24) is 24.3 Å². The van der Waals surface area contributed by atoms with Crippen LogP contribution in [0.15, 0.2) is 41.5 Å². The van der Waals surface area contributed by atoms with Crippen LogP contribution in [-0.2, 0) is 13.6 Å². The summed E-state index contributed by atoms with van der Waals surface area (Å²) in [5, 5.41) is 7.73. The van der Waals surface area contributed by atoms with Gasteiger partial charge in [-0.25, -0.2) is 9.97 Å². The number of halogens is 4. The summed E-state index contributed by atoms with van der Waals surface area (Å²) in [6, 6.07) is 6.47. The molecule has 1 aliphatic heterocycles. The van der Waals surface area contributed by atoms with Crippen molar-refractivity contribution in [2.24, 2.45) is 12.8 Å². The molecule has 2 unspecified atom stereocenters. The lowest BCUT2D eigenvalue weighted by atomic mass is 9.93. The van der Waals surface area contributed by atoms with Gasteiger partial charge in [0.05, 0.1) is 28.8 Å². The highest BCUT2D eigenvalue weighted by Gasteiger charge is 2.30. The van der Waals surface area contributed by atoms with E-state index < -0.39 is 24.7 Å². The number of nitrogens with two attached hydrogens (primary N) is 1. The van der Waals surface area contributed by atoms with Gasteiger partial charge in [-0.3, -0.25) is 18.8 Å². The molecule has 10 nitrogen and oxygen atoms in total. The number of anilines is 2. The molecule has 5 rings (SSSR count). The molecule has 42 heavy (non-hydrogen) atoms. The van der Waals surface area contributed by atoms with Gasteiger partial charge >= 0.3 is 6.18 Å². The number of hydrogen-bond donors (Lipinski definition) is 2. The van der Waals surface area contributed by atoms with Gasteiger partial charge in [0.2, 0.25) is 5.95 Å². The van der Waals surface area contributed by atoms with Crippen molar-refractivity contribution in [3.8, 4) is 0 Å². The summed E-state index contributed by atoms with van der Waals surface area (Å²) >= 11 is 5.96. The fourth-order valence-electron chi connectivity index (χ4n) is 5.50. The summed E-state index contributed by atoms with van der Waals surface area (Å²) in [4.78, 5) is 36.6. The van der Waals surface area contributed by atoms with Crippen LogP contribution in [0.1, 0.15) is 58.9 Å². The van der Waals surface area contributed by atoms with Gasteiger partial charge in [-0.05, 0) is 56.0 Å². The first-order valence-electron chi connectivity index (χ1n) is 13.4. The molecule has 0 aliphatic carbocycles. The molecule has 1 amide bonds. The number of hydrogen-bond acceptors (Lipinski definition) is 7. The third kappa shape index (κ3) is 6.06. The van der Waals surface area contributed by atoms with Crippen LogP contribution >= 0.6 is 11.6 Å². The van der Waals surface area contributed by atoms with Gasteiger partial charge in [-0.15, -0.1) is 0 Å². The predicted molar refractivity (Wildman–Crippen MR) is 154 cm³/mol. The van der Waals surface area contributed by atoms with Crippen LogP contribution in [0.25, 0.3) is 10.9 Å². The molecule has 0 saturated carbocycles. The molecule has 4 heterocycles. The minimum absolute atomic E-state index is 0.00575. The Morgan fingerprint density at radius 2 is 2.02 bits per heavy atom. The van der Waals surface area contributed by atoms with Crippen LogP contribution in [0.5, 0.6) is 0 Å². The number of benzene rings is 1. The Bertz CT molecular complexity index is 1720. The van der Waals surface area contributed by atoms with Crippen LogP contribution in [0.4, 0.5) is 24.8 Å². The summed E-state index contributed by atoms with van der Waals surface area (Å²) in [5.41, 5.74) is 8.48. The van der Waals surface area contributed by atoms with E-state index in [1.165, 1.54) is 17.0 Å². The van der Waals surface area contributed by atoms with Crippen molar-refractivity contribution in [2.45, 2.75) is 51.4 Å². The highest BCUT2D eigenvalue weighted by atomic mass is 35.5. The molecule has 1 aliphatic rings. The average Bonchev–Trinajstić information content (AvgIpc) is 3.38. The number of alkyl halides is 3. The first kappa shape index (κ1) is 29.4. The third-order valence-corrected chi connectivity index (χ3v) is 7.64. The number of amides is 1. The second-order valence-corrected chi connectivity index (χ2v) is 11.0. The Kier molecular flexibility index (Phi) is 7.88. The molecular weight excluding hydrogens is 573 g/mol. The summed E-state index contributed by atoms with van der Waals surface area (Å²) in [7, 11) is 1.66. The third-order valence-electron chi connectivity index (χ3n) is 7.43. The minimum Gasteiger partial charge on any atom is -0.377 e. The number of nitrogens with one attached hydrogen (secondary N) is 1. The van der Waals surface area contributed by atoms with Crippen LogP contribution in [0.3, 0.4) is 0 Å². The Labute approximate surface area is 244 Å². The van der Waals surface area contributed by atoms with Gasteiger partial charge in [0, 0.05) is 37.8 Å². The zero-order valence-electron chi connectivity index (χ0n) is 23.2. The standard InChI is InChI=1S/C28H30ClF3N8O2/c1-15-9-19(16(2)35-21-6-7-22(29)36-24(21)25(33)41)23-20(10-15)26(42)38(3)27(37-23)39-8-4-5-17(12-39)18-11-34-40(13-18)14-28(30,31)32/h6-7,9-11,13,16-17,35H,4-5,8,12,14H2,1-3H3,(H2,33,41). The number of aryl methyl sites for hydroxylation is 1. The zero-order chi connectivity index (χ0) is 30.3. The lowest BCUT2D eigenvalue weighted by molar-refractivity contribution is -0.142. The van der Waals surface area contributed by atoms with Gasteiger partial charge in [0.15, 0.2) is 5.69 Å². The second kappa shape index (κ2) is 11.3. The zero-order valence-corrected chi connectivity index (χ0v) is 24.0. The SMILES string of the molecule is Cc1cc(C(C)Nc2ccc(Cl)nc2C(N)=O)c2nc(N3CCCC(c4cnn(CC(F)(F)F)c4)C3)n(C)c(=O)c2c1. The summed E-state index contributed by atoms with van der Waals surface area (Å²) in [5.74, 6) is -0.349. The number of carbonyl (C=O) groups excluding carboxylic acids is 1. The lowest BCUT2D eigenvalue weighted by Crippen LogP contribution is -2.38. The van der Waals surface area contributed by atoms with E-state index in [1.54, 1.807) is 25.2 Å². The van der Waals surface area contributed by atoms with E-state index in [-0.39, 0.29) is 22.3 Å². The molecule has 222 valence electrons. The van der Waals surface area contributed by atoms with Crippen LogP contribution < -0.4 is 21.5 Å². The first-order valence-corrected chi connectivity index (χ1v) is 13.8. The van der Waals surface area contributed by atoms with Crippen molar-refractivity contribution in [1.29, 1.82) is 0 Å². The highest BCUT2D eigenvalue weighted by molar-refractivity contribution is 6.29. The summed E-state index contributed by atoms with van der Waals surface area (Å²) < 4.78 is 41.0. The number of carbonyl (C=O) groups is 1. The summed E-state index contributed by atoms with van der Waals surface area (Å²) in [6.07, 6.45) is 0.101. The van der Waals surface area contributed by atoms with Crippen molar-refractivity contribution >= 4 is 40.0 Å². The van der Waals surface area contributed by atoms with Crippen molar-refractivity contribution in [3.63, 3.8) is 0 Å². The minimum atomic E-state index is -4.36. The van der Waals surface area contributed by atoms with Crippen molar-refractivity contribution in [2.75, 3.05) is 23.3 Å². The molecule has 1 fully saturated rings. The van der Waals surface area contributed by atoms with Gasteiger partial charge in [0.1, 0.15) is 11.7 Å². The molecule has 4 aromatic rings. The molecule has 0 radical (unpaired) electrons. The number of piperidine rings is 1. The molecule has 3 aromatic heterocycles. The van der Waals surface area contributed by atoms with E-state index in [0.29, 0.717) is 41.2 Å². The van der Waals surface area contributed by atoms with Crippen molar-refractivity contribution < 1.29 is 18.0 Å². The van der Waals surface area contributed by atoms with Crippen molar-refractivity contribution in [3.05, 3.63) is 74.6 Å². The van der Waals surface area contributed by atoms with E-state index in [1.807, 2.05) is 24.8 Å². The largest absolute Gasteiger partial charge is 0.408 e. The van der Waals surface area contributed by atoms with Crippen LogP contribution in [-0.4, -0.2) is 49.5 Å². The fourth-order valence-corrected chi connectivity index (χ4v) is 5.64. The molecule has 0 spiro atoms. The van der Waals surface area contributed by atoms with E-state index in [4.69, 9.17) is 22.3 Å². The fraction of sp³-hybridized carbons (Fsp3) is 0.393. The summed E-state index contributed by atoms with van der Waals surface area (Å²) in [6.45, 7) is 3.72. The molecule has 14 heteroatoms. The van der Waals surface area contributed by atoms with Crippen LogP contribution in [0, 0.1) is 6.92 Å². The lowest BCUT2D eigenvalue weighted by Gasteiger charge is -2.34. The van der Waals surface area contributed by atoms with Gasteiger partial charge < -0.3 is 16.0 Å². The van der Waals surface area contributed by atoms with Crippen LogP contribution in [0.2, 0.25) is 5.15 Å². The molecule has 1 saturated heterocycles. The Balaban J connectivity index is 1.50. The molecule has 0 bridgehead atoms. The number of nitrogens with zero attached hydrogens (tertiary/aromatic N) is 6. The van der Waals surface area contributed by atoms with E-state index >= 15 is 0 Å². The maximum absolute atomic E-state index is 13.6. The Morgan fingerprint density at radius 1 is 1.26 bits per heavy atom. The highest BCUT2D eigenvalue weighted by Crippen LogP contribution is 2.32. The Hall–Kier alpha value is -4.13. The van der Waals surface area contributed by atoms with E-state index in [2.05, 4.69) is 15.4 Å². The normalized spacial score (nSPS) is 16.5. The number of pyridine rings is 1. The number of rotatable bonds is 7. The molecule has 2 atom stereocenters. The molecule has 3 N–H and O–H groups in total. The van der Waals surface area contributed by atoms with E-state index in [9.17, 15) is 22.8 Å². The topological polar surface area (TPSA) is 124 Å². The van der Waals surface area contributed by atoms with Gasteiger partial charge in [0.25, 0.3) is 11.5 Å². The van der Waals surface area contributed by atoms with Gasteiger partial charge in [-0.2, -0.15) is 18.3 Å². The first-order chi connectivity index (χ1) is 19.8. The second-order valence-electron chi connectivity index (χ2n) is 10.7. The monoisotopic (exact) mass is 602 g/mol. The predicted octanol–water partition coefficient (Wildman–Crippen LogP) is 4.71. The molecule has 1 aromatic carbocycles. The maximum Gasteiger partial charge on any atom is 0.408 e. The quantitative estimate of drug-likeness (QED) is 0.294. The maximum atomic E-state index is 13.6. The van der Waals surface area contributed by atoms with E-state index in [0.717, 1.165) is 28.7 Å². The number of primary amides is 1. The smallest absolute Gasteiger partial charge is 0.377 e. The van der Waals surface area contributed by atoms with Gasteiger partial charge in [-0.1, -0.05) is 17.7 Å². The molecular formula is C28H30ClF3N8O2. The average molecular weight is 603 g/mol. The Morgan fingerprint density at radius 3 is 2.74 bits per heavy atom. The number of aromatic nitrogens is 5. The number of fused-ring (bicyclic) bond motifs is 1.